The first-order chi connectivity index (χ1) is 14.7. The molecule has 2 atom stereocenters. The van der Waals surface area contributed by atoms with Crippen molar-refractivity contribution in [3.05, 3.63) is 59.8 Å². The van der Waals surface area contributed by atoms with E-state index in [4.69, 9.17) is 15.2 Å². The largest absolute Gasteiger partial charge is 0.486 e. The summed E-state index contributed by atoms with van der Waals surface area (Å²) in [6.07, 6.45) is 4.41. The van der Waals surface area contributed by atoms with Crippen molar-refractivity contribution in [2.45, 2.75) is 44.8 Å². The Morgan fingerprint density at radius 3 is 2.93 bits per heavy atom. The zero-order valence-electron chi connectivity index (χ0n) is 17.5. The SMILES string of the molecule is Cc1ccc2c3c(ccc2n1)OCC(CN1c2ccccc2CCC1CCCN)O3. The van der Waals surface area contributed by atoms with Gasteiger partial charge in [-0.2, -0.15) is 0 Å². The Kier molecular flexibility index (Phi) is 5.21. The molecule has 5 nitrogen and oxygen atoms in total. The molecule has 0 aliphatic carbocycles. The van der Waals surface area contributed by atoms with Crippen LogP contribution < -0.4 is 20.1 Å². The van der Waals surface area contributed by atoms with Crippen LogP contribution in [0.3, 0.4) is 0 Å². The monoisotopic (exact) mass is 403 g/mol. The summed E-state index contributed by atoms with van der Waals surface area (Å²) >= 11 is 0. The van der Waals surface area contributed by atoms with Crippen LogP contribution in [0.4, 0.5) is 5.69 Å². The average Bonchev–Trinajstić information content (AvgIpc) is 2.78. The van der Waals surface area contributed by atoms with Crippen LogP contribution in [-0.4, -0.2) is 36.8 Å². The van der Waals surface area contributed by atoms with Crippen LogP contribution in [0.1, 0.15) is 30.5 Å². The summed E-state index contributed by atoms with van der Waals surface area (Å²) in [5.41, 5.74) is 10.5. The van der Waals surface area contributed by atoms with Gasteiger partial charge in [0.25, 0.3) is 0 Å². The van der Waals surface area contributed by atoms with Crippen molar-refractivity contribution in [3.63, 3.8) is 0 Å². The highest BCUT2D eigenvalue weighted by Crippen LogP contribution is 2.39. The van der Waals surface area contributed by atoms with Gasteiger partial charge in [-0.15, -0.1) is 0 Å². The third-order valence-corrected chi connectivity index (χ3v) is 6.26. The van der Waals surface area contributed by atoms with Gasteiger partial charge < -0.3 is 20.1 Å². The lowest BCUT2D eigenvalue weighted by Gasteiger charge is -2.41. The Balaban J connectivity index is 1.43. The van der Waals surface area contributed by atoms with Gasteiger partial charge in [0.05, 0.1) is 12.1 Å². The number of ether oxygens (including phenoxy) is 2. The zero-order valence-corrected chi connectivity index (χ0v) is 17.5. The third kappa shape index (κ3) is 3.58. The van der Waals surface area contributed by atoms with E-state index < -0.39 is 0 Å². The molecule has 30 heavy (non-hydrogen) atoms. The van der Waals surface area contributed by atoms with E-state index >= 15 is 0 Å². The Morgan fingerprint density at radius 1 is 1.13 bits per heavy atom. The number of aromatic nitrogens is 1. The van der Waals surface area contributed by atoms with Gasteiger partial charge in [0.1, 0.15) is 6.61 Å². The van der Waals surface area contributed by atoms with Crippen LogP contribution in [0, 0.1) is 6.92 Å². The molecule has 2 aromatic carbocycles. The molecule has 0 bridgehead atoms. The van der Waals surface area contributed by atoms with Crippen molar-refractivity contribution in [3.8, 4) is 11.5 Å². The summed E-state index contributed by atoms with van der Waals surface area (Å²) in [7, 11) is 0. The second kappa shape index (κ2) is 8.15. The highest BCUT2D eigenvalue weighted by molar-refractivity contribution is 5.88. The summed E-state index contributed by atoms with van der Waals surface area (Å²) in [5, 5.41) is 1.02. The summed E-state index contributed by atoms with van der Waals surface area (Å²) in [5.74, 6) is 1.63. The number of aryl methyl sites for hydroxylation is 2. The lowest BCUT2D eigenvalue weighted by Crippen LogP contribution is -2.48. The molecule has 3 aromatic rings. The van der Waals surface area contributed by atoms with Crippen molar-refractivity contribution in [2.75, 3.05) is 24.6 Å². The van der Waals surface area contributed by atoms with Crippen LogP contribution in [0.15, 0.2) is 48.5 Å². The fraction of sp³-hybridized carbons (Fsp3) is 0.400. The molecule has 2 unspecified atom stereocenters. The minimum Gasteiger partial charge on any atom is -0.486 e. The molecular formula is C25H29N3O2. The molecule has 5 rings (SSSR count). The van der Waals surface area contributed by atoms with Crippen LogP contribution in [0.2, 0.25) is 0 Å². The molecule has 0 radical (unpaired) electrons. The number of hydrogen-bond acceptors (Lipinski definition) is 5. The number of benzene rings is 2. The Hall–Kier alpha value is -2.79. The molecule has 5 heteroatoms. The second-order valence-electron chi connectivity index (χ2n) is 8.37. The van der Waals surface area contributed by atoms with Crippen LogP contribution in [0.25, 0.3) is 10.9 Å². The molecule has 0 fully saturated rings. The highest BCUT2D eigenvalue weighted by atomic mass is 16.6. The molecular weight excluding hydrogens is 374 g/mol. The van der Waals surface area contributed by atoms with E-state index in [9.17, 15) is 0 Å². The number of nitrogens with two attached hydrogens (primary N) is 1. The van der Waals surface area contributed by atoms with Crippen molar-refractivity contribution in [1.29, 1.82) is 0 Å². The first-order valence-corrected chi connectivity index (χ1v) is 11.0. The molecule has 2 aliphatic heterocycles. The number of anilines is 1. The van der Waals surface area contributed by atoms with Crippen molar-refractivity contribution < 1.29 is 9.47 Å². The van der Waals surface area contributed by atoms with Crippen molar-refractivity contribution in [1.82, 2.24) is 4.98 Å². The van der Waals surface area contributed by atoms with Gasteiger partial charge >= 0.3 is 0 Å². The number of pyridine rings is 1. The molecule has 2 aliphatic rings. The van der Waals surface area contributed by atoms with Crippen LogP contribution >= 0.6 is 0 Å². The molecule has 156 valence electrons. The Bertz CT molecular complexity index is 1050. The van der Waals surface area contributed by atoms with Crippen molar-refractivity contribution in [2.24, 2.45) is 5.73 Å². The smallest absolute Gasteiger partial charge is 0.171 e. The maximum atomic E-state index is 6.52. The molecule has 1 aromatic heterocycles. The lowest BCUT2D eigenvalue weighted by molar-refractivity contribution is 0.0951. The van der Waals surface area contributed by atoms with Gasteiger partial charge in [0.15, 0.2) is 17.6 Å². The predicted molar refractivity (Wildman–Crippen MR) is 121 cm³/mol. The van der Waals surface area contributed by atoms with E-state index in [1.165, 1.54) is 11.3 Å². The molecule has 3 heterocycles. The fourth-order valence-electron chi connectivity index (χ4n) is 4.77. The molecule has 0 amide bonds. The minimum absolute atomic E-state index is 0.0315. The number of para-hydroxylation sites is 1. The summed E-state index contributed by atoms with van der Waals surface area (Å²) < 4.78 is 12.6. The fourth-order valence-corrected chi connectivity index (χ4v) is 4.77. The predicted octanol–water partition coefficient (Wildman–Crippen LogP) is 4.24. The number of hydrogen-bond donors (Lipinski definition) is 1. The second-order valence-corrected chi connectivity index (χ2v) is 8.37. The van der Waals surface area contributed by atoms with E-state index in [0.29, 0.717) is 12.6 Å². The molecule has 0 saturated heterocycles. The van der Waals surface area contributed by atoms with Gasteiger partial charge in [-0.25, -0.2) is 0 Å². The van der Waals surface area contributed by atoms with Gasteiger partial charge in [0, 0.05) is 22.8 Å². The Morgan fingerprint density at radius 2 is 2.03 bits per heavy atom. The summed E-state index contributed by atoms with van der Waals surface area (Å²) in [4.78, 5) is 7.17. The van der Waals surface area contributed by atoms with Gasteiger partial charge in [-0.1, -0.05) is 18.2 Å². The number of rotatable bonds is 5. The summed E-state index contributed by atoms with van der Waals surface area (Å²) in [6.45, 7) is 4.11. The molecule has 0 spiro atoms. The normalized spacial score (nSPS) is 20.3. The highest BCUT2D eigenvalue weighted by Gasteiger charge is 2.31. The number of fused-ring (bicyclic) bond motifs is 4. The van der Waals surface area contributed by atoms with E-state index in [-0.39, 0.29) is 6.10 Å². The van der Waals surface area contributed by atoms with Crippen LogP contribution in [0.5, 0.6) is 11.5 Å². The molecule has 2 N–H and O–H groups in total. The van der Waals surface area contributed by atoms with Gasteiger partial charge in [-0.3, -0.25) is 4.98 Å². The number of nitrogens with zero attached hydrogens (tertiary/aromatic N) is 2. The first-order valence-electron chi connectivity index (χ1n) is 11.0. The van der Waals surface area contributed by atoms with Gasteiger partial charge in [-0.05, 0) is 75.0 Å². The van der Waals surface area contributed by atoms with E-state index in [2.05, 4.69) is 40.2 Å². The standard InChI is InChI=1S/C25H29N3O2/c1-17-8-11-21-22(27-17)12-13-24-25(21)30-20(16-29-24)15-28-19(6-4-14-26)10-9-18-5-2-3-7-23(18)28/h2-3,5,7-8,11-13,19-20H,4,6,9-10,14-16,26H2,1H3. The first kappa shape index (κ1) is 19.2. The minimum atomic E-state index is -0.0315. The van der Waals surface area contributed by atoms with E-state index in [1.807, 2.05) is 25.1 Å². The zero-order chi connectivity index (χ0) is 20.5. The van der Waals surface area contributed by atoms with Crippen molar-refractivity contribution >= 4 is 16.6 Å². The van der Waals surface area contributed by atoms with Crippen LogP contribution in [-0.2, 0) is 6.42 Å². The van der Waals surface area contributed by atoms with Gasteiger partial charge in [0.2, 0.25) is 0 Å². The third-order valence-electron chi connectivity index (χ3n) is 6.26. The maximum Gasteiger partial charge on any atom is 0.171 e. The average molecular weight is 404 g/mol. The lowest BCUT2D eigenvalue weighted by atomic mass is 9.92. The Labute approximate surface area is 177 Å². The quantitative estimate of drug-likeness (QED) is 0.690. The van der Waals surface area contributed by atoms with E-state index in [0.717, 1.165) is 66.9 Å². The topological polar surface area (TPSA) is 60.6 Å². The maximum absolute atomic E-state index is 6.52. The van der Waals surface area contributed by atoms with E-state index in [1.54, 1.807) is 0 Å². The summed E-state index contributed by atoms with van der Waals surface area (Å²) in [6, 6.07) is 17.3. The molecule has 0 saturated carbocycles.